The van der Waals surface area contributed by atoms with Gasteiger partial charge in [0.15, 0.2) is 0 Å². The molecule has 1 unspecified atom stereocenters. The van der Waals surface area contributed by atoms with Crippen LogP contribution in [0.3, 0.4) is 0 Å². The van der Waals surface area contributed by atoms with Gasteiger partial charge in [0.25, 0.3) is 0 Å². The van der Waals surface area contributed by atoms with Crippen molar-refractivity contribution in [1.29, 1.82) is 0 Å². The Balaban J connectivity index is 1.76. The highest BCUT2D eigenvalue weighted by atomic mass is 35.5. The van der Waals surface area contributed by atoms with Crippen LogP contribution in [0.5, 0.6) is 0 Å². The SMILES string of the molecule is O=C(O)CCC(NC(=O)OCCOC(=O)C1CCCCC1)c1ccc(Cl)cc1. The van der Waals surface area contributed by atoms with Gasteiger partial charge in [-0.05, 0) is 37.0 Å². The molecule has 0 aliphatic heterocycles. The van der Waals surface area contributed by atoms with Crippen LogP contribution >= 0.6 is 11.6 Å². The Morgan fingerprint density at radius 1 is 1.07 bits per heavy atom. The average Bonchev–Trinajstić information content (AvgIpc) is 2.69. The molecule has 8 heteroatoms. The average molecular weight is 412 g/mol. The fourth-order valence-corrected chi connectivity index (χ4v) is 3.33. The van der Waals surface area contributed by atoms with Crippen molar-refractivity contribution in [2.75, 3.05) is 13.2 Å². The first-order valence-corrected chi connectivity index (χ1v) is 9.90. The molecule has 1 amide bonds. The smallest absolute Gasteiger partial charge is 0.407 e. The van der Waals surface area contributed by atoms with Gasteiger partial charge < -0.3 is 19.9 Å². The third kappa shape index (κ3) is 7.76. The molecule has 1 aliphatic rings. The molecule has 1 aromatic rings. The van der Waals surface area contributed by atoms with Gasteiger partial charge in [-0.15, -0.1) is 0 Å². The number of ether oxygens (including phenoxy) is 2. The summed E-state index contributed by atoms with van der Waals surface area (Å²) in [5.74, 6) is -1.24. The maximum Gasteiger partial charge on any atom is 0.407 e. The predicted molar refractivity (Wildman–Crippen MR) is 103 cm³/mol. The molecule has 1 aliphatic carbocycles. The lowest BCUT2D eigenvalue weighted by molar-refractivity contribution is -0.150. The summed E-state index contributed by atoms with van der Waals surface area (Å²) in [6, 6.07) is 6.26. The normalized spacial score (nSPS) is 15.5. The minimum Gasteiger partial charge on any atom is -0.481 e. The Morgan fingerprint density at radius 3 is 2.36 bits per heavy atom. The van der Waals surface area contributed by atoms with E-state index in [0.29, 0.717) is 5.02 Å². The molecule has 154 valence electrons. The summed E-state index contributed by atoms with van der Waals surface area (Å²) in [5.41, 5.74) is 0.728. The third-order valence-corrected chi connectivity index (χ3v) is 4.96. The maximum absolute atomic E-state index is 12.0. The number of amides is 1. The van der Waals surface area contributed by atoms with E-state index < -0.39 is 18.1 Å². The molecule has 1 saturated carbocycles. The van der Waals surface area contributed by atoms with E-state index in [1.54, 1.807) is 24.3 Å². The van der Waals surface area contributed by atoms with Gasteiger partial charge in [-0.2, -0.15) is 0 Å². The fraction of sp³-hybridized carbons (Fsp3) is 0.550. The molecule has 0 spiro atoms. The van der Waals surface area contributed by atoms with Crippen molar-refractivity contribution in [1.82, 2.24) is 5.32 Å². The summed E-state index contributed by atoms with van der Waals surface area (Å²) in [4.78, 5) is 34.8. The number of rotatable bonds is 9. The van der Waals surface area contributed by atoms with E-state index in [1.165, 1.54) is 0 Å². The molecule has 1 aromatic carbocycles. The van der Waals surface area contributed by atoms with Gasteiger partial charge >= 0.3 is 18.0 Å². The van der Waals surface area contributed by atoms with Crippen LogP contribution in [-0.2, 0) is 19.1 Å². The molecule has 1 fully saturated rings. The van der Waals surface area contributed by atoms with Gasteiger partial charge in [0.1, 0.15) is 13.2 Å². The highest BCUT2D eigenvalue weighted by Gasteiger charge is 2.22. The monoisotopic (exact) mass is 411 g/mol. The number of alkyl carbamates (subject to hydrolysis) is 1. The van der Waals surface area contributed by atoms with Gasteiger partial charge in [0.2, 0.25) is 0 Å². The van der Waals surface area contributed by atoms with Crippen LogP contribution in [0.4, 0.5) is 4.79 Å². The molecule has 2 rings (SSSR count). The minimum atomic E-state index is -0.955. The Bertz CT molecular complexity index is 657. The van der Waals surface area contributed by atoms with Gasteiger partial charge in [-0.1, -0.05) is 43.0 Å². The standard InChI is InChI=1S/C20H26ClNO6/c21-16-8-6-14(7-9-16)17(10-11-18(23)24)22-20(26)28-13-12-27-19(25)15-4-2-1-3-5-15/h6-9,15,17H,1-5,10-13H2,(H,22,26)(H,23,24). The van der Waals surface area contributed by atoms with Gasteiger partial charge in [-0.3, -0.25) is 9.59 Å². The van der Waals surface area contributed by atoms with Crippen molar-refractivity contribution in [2.45, 2.75) is 51.0 Å². The molecule has 1 atom stereocenters. The van der Waals surface area contributed by atoms with Gasteiger partial charge in [-0.25, -0.2) is 4.79 Å². The van der Waals surface area contributed by atoms with E-state index in [4.69, 9.17) is 26.2 Å². The number of carbonyl (C=O) groups is 3. The summed E-state index contributed by atoms with van der Waals surface area (Å²) in [6.45, 7) is -0.0555. The van der Waals surface area contributed by atoms with Crippen LogP contribution in [-0.4, -0.2) is 36.4 Å². The first-order valence-electron chi connectivity index (χ1n) is 9.53. The van der Waals surface area contributed by atoms with Crippen molar-refractivity contribution in [3.05, 3.63) is 34.9 Å². The third-order valence-electron chi connectivity index (χ3n) is 4.71. The first kappa shape index (κ1) is 22.0. The molecule has 2 N–H and O–H groups in total. The van der Waals surface area contributed by atoms with E-state index in [1.807, 2.05) is 0 Å². The van der Waals surface area contributed by atoms with Crippen LogP contribution < -0.4 is 5.32 Å². The maximum atomic E-state index is 12.0. The van der Waals surface area contributed by atoms with Crippen LogP contribution in [0.25, 0.3) is 0 Å². The number of aliphatic carboxylic acids is 1. The molecule has 0 saturated heterocycles. The van der Waals surface area contributed by atoms with Crippen molar-refractivity contribution in [3.8, 4) is 0 Å². The number of halogens is 1. The van der Waals surface area contributed by atoms with Crippen molar-refractivity contribution >= 4 is 29.6 Å². The number of carboxylic acids is 1. The van der Waals surface area contributed by atoms with Crippen LogP contribution in [0.1, 0.15) is 56.6 Å². The number of hydrogen-bond donors (Lipinski definition) is 2. The zero-order valence-corrected chi connectivity index (χ0v) is 16.5. The molecule has 28 heavy (non-hydrogen) atoms. The number of esters is 1. The van der Waals surface area contributed by atoms with E-state index in [0.717, 1.165) is 37.7 Å². The van der Waals surface area contributed by atoms with E-state index in [-0.39, 0.29) is 37.9 Å². The molecule has 0 aromatic heterocycles. The topological polar surface area (TPSA) is 102 Å². The second kappa shape index (κ2) is 11.5. The molecule has 0 bridgehead atoms. The predicted octanol–water partition coefficient (Wildman–Crippen LogP) is 4.10. The second-order valence-corrected chi connectivity index (χ2v) is 7.26. The van der Waals surface area contributed by atoms with Gasteiger partial charge in [0, 0.05) is 11.4 Å². The molecule has 0 heterocycles. The quantitative estimate of drug-likeness (QED) is 0.468. The number of benzene rings is 1. The van der Waals surface area contributed by atoms with Crippen molar-refractivity contribution < 1.29 is 29.0 Å². The van der Waals surface area contributed by atoms with E-state index in [2.05, 4.69) is 5.32 Å². The Hall–Kier alpha value is -2.28. The summed E-state index contributed by atoms with van der Waals surface area (Å²) in [7, 11) is 0. The molecule has 7 nitrogen and oxygen atoms in total. The van der Waals surface area contributed by atoms with Crippen LogP contribution in [0, 0.1) is 5.92 Å². The zero-order valence-electron chi connectivity index (χ0n) is 15.7. The molecule has 0 radical (unpaired) electrons. The highest BCUT2D eigenvalue weighted by Crippen LogP contribution is 2.24. The number of carboxylic acid groups (broad SMARTS) is 1. The first-order chi connectivity index (χ1) is 13.5. The summed E-state index contributed by atoms with van der Waals surface area (Å²) >= 11 is 5.87. The van der Waals surface area contributed by atoms with E-state index in [9.17, 15) is 14.4 Å². The Morgan fingerprint density at radius 2 is 1.71 bits per heavy atom. The van der Waals surface area contributed by atoms with E-state index >= 15 is 0 Å². The Labute approximate surface area is 169 Å². The lowest BCUT2D eigenvalue weighted by Gasteiger charge is -2.20. The second-order valence-electron chi connectivity index (χ2n) is 6.82. The van der Waals surface area contributed by atoms with Crippen LogP contribution in [0.2, 0.25) is 5.02 Å². The largest absolute Gasteiger partial charge is 0.481 e. The number of hydrogen-bond acceptors (Lipinski definition) is 5. The lowest BCUT2D eigenvalue weighted by Crippen LogP contribution is -2.31. The van der Waals surface area contributed by atoms with Crippen molar-refractivity contribution in [3.63, 3.8) is 0 Å². The Kier molecular flexibility index (Phi) is 9.07. The van der Waals surface area contributed by atoms with Gasteiger partial charge in [0.05, 0.1) is 12.0 Å². The fourth-order valence-electron chi connectivity index (χ4n) is 3.20. The molecular formula is C20H26ClNO6. The molecular weight excluding hydrogens is 386 g/mol. The minimum absolute atomic E-state index is 0.00346. The van der Waals surface area contributed by atoms with Crippen molar-refractivity contribution in [2.24, 2.45) is 5.92 Å². The summed E-state index contributed by atoms with van der Waals surface area (Å²) < 4.78 is 10.2. The zero-order chi connectivity index (χ0) is 20.4. The summed E-state index contributed by atoms with van der Waals surface area (Å²) in [5, 5.41) is 12.1. The van der Waals surface area contributed by atoms with Crippen LogP contribution in [0.15, 0.2) is 24.3 Å². The summed E-state index contributed by atoms with van der Waals surface area (Å²) in [6.07, 6.45) is 4.36. The highest BCUT2D eigenvalue weighted by molar-refractivity contribution is 6.30. The number of nitrogens with one attached hydrogen (secondary N) is 1. The number of carbonyl (C=O) groups excluding carboxylic acids is 2. The lowest BCUT2D eigenvalue weighted by atomic mass is 9.89.